The van der Waals surface area contributed by atoms with E-state index < -0.39 is 0 Å². The molecule has 0 spiro atoms. The predicted molar refractivity (Wildman–Crippen MR) is 83.3 cm³/mol. The fourth-order valence-corrected chi connectivity index (χ4v) is 2.69. The first kappa shape index (κ1) is 16.0. The monoisotopic (exact) mass is 263 g/mol. The normalized spacial score (nSPS) is 14.2. The van der Waals surface area contributed by atoms with Crippen LogP contribution in [-0.4, -0.2) is 19.7 Å². The van der Waals surface area contributed by atoms with Crippen LogP contribution in [0.5, 0.6) is 5.75 Å². The van der Waals surface area contributed by atoms with Gasteiger partial charge in [0.1, 0.15) is 5.75 Å². The molecule has 19 heavy (non-hydrogen) atoms. The Morgan fingerprint density at radius 2 is 1.84 bits per heavy atom. The zero-order chi connectivity index (χ0) is 14.4. The minimum absolute atomic E-state index is 0.566. The molecule has 0 bridgehead atoms. The van der Waals surface area contributed by atoms with E-state index in [0.717, 1.165) is 12.3 Å². The molecule has 0 aliphatic rings. The van der Waals surface area contributed by atoms with Crippen molar-refractivity contribution in [3.8, 4) is 5.75 Å². The number of methoxy groups -OCH3 is 1. The summed E-state index contributed by atoms with van der Waals surface area (Å²) in [4.78, 5) is 0. The number of ether oxygens (including phenoxy) is 1. The highest BCUT2D eigenvalue weighted by Crippen LogP contribution is 2.29. The number of hydrogen-bond donors (Lipinski definition) is 1. The Morgan fingerprint density at radius 3 is 2.42 bits per heavy atom. The number of aryl methyl sites for hydroxylation is 2. The van der Waals surface area contributed by atoms with Crippen molar-refractivity contribution < 1.29 is 4.74 Å². The first-order valence-corrected chi connectivity index (χ1v) is 7.38. The lowest BCUT2D eigenvalue weighted by Gasteiger charge is -2.21. The lowest BCUT2D eigenvalue weighted by molar-refractivity contribution is 0.410. The molecule has 2 nitrogen and oxygen atoms in total. The third-order valence-corrected chi connectivity index (χ3v) is 3.76. The van der Waals surface area contributed by atoms with Crippen molar-refractivity contribution in [3.63, 3.8) is 0 Å². The van der Waals surface area contributed by atoms with Gasteiger partial charge in [-0.05, 0) is 68.8 Å². The Hall–Kier alpha value is -1.02. The van der Waals surface area contributed by atoms with Crippen LogP contribution in [0.3, 0.4) is 0 Å². The largest absolute Gasteiger partial charge is 0.496 e. The molecular weight excluding hydrogens is 234 g/mol. The molecule has 0 heterocycles. The first-order valence-electron chi connectivity index (χ1n) is 7.38. The smallest absolute Gasteiger partial charge is 0.122 e. The highest BCUT2D eigenvalue weighted by Gasteiger charge is 2.14. The van der Waals surface area contributed by atoms with Crippen molar-refractivity contribution in [1.82, 2.24) is 5.32 Å². The van der Waals surface area contributed by atoms with Gasteiger partial charge in [-0.2, -0.15) is 0 Å². The Kier molecular flexibility index (Phi) is 6.36. The highest BCUT2D eigenvalue weighted by molar-refractivity contribution is 5.42. The lowest BCUT2D eigenvalue weighted by atomic mass is 9.89. The summed E-state index contributed by atoms with van der Waals surface area (Å²) in [5, 5.41) is 3.56. The van der Waals surface area contributed by atoms with E-state index in [2.05, 4.69) is 52.1 Å². The zero-order valence-corrected chi connectivity index (χ0v) is 13.3. The van der Waals surface area contributed by atoms with E-state index in [9.17, 15) is 0 Å². The summed E-state index contributed by atoms with van der Waals surface area (Å²) >= 11 is 0. The summed E-state index contributed by atoms with van der Waals surface area (Å²) in [6, 6.07) is 5.01. The van der Waals surface area contributed by atoms with Gasteiger partial charge in [0.15, 0.2) is 0 Å². The Labute approximate surface area is 118 Å². The third kappa shape index (κ3) is 4.54. The maximum atomic E-state index is 5.38. The molecule has 2 atom stereocenters. The molecule has 2 unspecified atom stereocenters. The van der Waals surface area contributed by atoms with E-state index in [-0.39, 0.29) is 0 Å². The van der Waals surface area contributed by atoms with E-state index in [1.54, 1.807) is 7.11 Å². The van der Waals surface area contributed by atoms with Gasteiger partial charge in [0.05, 0.1) is 7.11 Å². The van der Waals surface area contributed by atoms with Gasteiger partial charge in [0.25, 0.3) is 0 Å². The fourth-order valence-electron chi connectivity index (χ4n) is 2.69. The first-order chi connectivity index (χ1) is 8.99. The summed E-state index contributed by atoms with van der Waals surface area (Å²) in [6.07, 6.45) is 2.37. The number of benzene rings is 1. The Bertz CT molecular complexity index is 400. The standard InChI is InChI=1S/C17H29NO/c1-7-8-18-15(5)9-12(2)16-10-14(4)17(19-6)11-13(16)3/h10-12,15,18H,7-9H2,1-6H3. The second-order valence-corrected chi connectivity index (χ2v) is 5.67. The van der Waals surface area contributed by atoms with Crippen LogP contribution in [-0.2, 0) is 0 Å². The minimum Gasteiger partial charge on any atom is -0.496 e. The maximum absolute atomic E-state index is 5.38. The molecule has 108 valence electrons. The fraction of sp³-hybridized carbons (Fsp3) is 0.647. The van der Waals surface area contributed by atoms with Crippen LogP contribution in [0.4, 0.5) is 0 Å². The van der Waals surface area contributed by atoms with Crippen molar-refractivity contribution in [2.75, 3.05) is 13.7 Å². The second-order valence-electron chi connectivity index (χ2n) is 5.67. The average molecular weight is 263 g/mol. The van der Waals surface area contributed by atoms with Gasteiger partial charge >= 0.3 is 0 Å². The summed E-state index contributed by atoms with van der Waals surface area (Å²) in [6.45, 7) is 12.2. The van der Waals surface area contributed by atoms with Crippen molar-refractivity contribution in [2.24, 2.45) is 0 Å². The Balaban J connectivity index is 2.76. The predicted octanol–water partition coefficient (Wildman–Crippen LogP) is 4.19. The molecule has 1 rings (SSSR count). The zero-order valence-electron chi connectivity index (χ0n) is 13.3. The van der Waals surface area contributed by atoms with Gasteiger partial charge in [-0.25, -0.2) is 0 Å². The molecule has 0 saturated heterocycles. The average Bonchev–Trinajstić information content (AvgIpc) is 2.38. The Morgan fingerprint density at radius 1 is 1.16 bits per heavy atom. The van der Waals surface area contributed by atoms with Gasteiger partial charge in [-0.3, -0.25) is 0 Å². The SMILES string of the molecule is CCCNC(C)CC(C)c1cc(C)c(OC)cc1C. The molecule has 0 radical (unpaired) electrons. The van der Waals surface area contributed by atoms with Crippen molar-refractivity contribution in [2.45, 2.75) is 59.4 Å². The maximum Gasteiger partial charge on any atom is 0.122 e. The molecule has 0 aromatic heterocycles. The van der Waals surface area contributed by atoms with Crippen LogP contribution in [0.2, 0.25) is 0 Å². The van der Waals surface area contributed by atoms with Crippen molar-refractivity contribution in [1.29, 1.82) is 0 Å². The summed E-state index contributed by atoms with van der Waals surface area (Å²) in [5.41, 5.74) is 4.00. The van der Waals surface area contributed by atoms with Crippen LogP contribution >= 0.6 is 0 Å². The number of hydrogen-bond acceptors (Lipinski definition) is 2. The molecule has 2 heteroatoms. The minimum atomic E-state index is 0.566. The van der Waals surface area contributed by atoms with Crippen molar-refractivity contribution >= 4 is 0 Å². The molecule has 1 aromatic rings. The molecule has 1 aromatic carbocycles. The van der Waals surface area contributed by atoms with Gasteiger partial charge in [0.2, 0.25) is 0 Å². The van der Waals surface area contributed by atoms with Gasteiger partial charge < -0.3 is 10.1 Å². The van der Waals surface area contributed by atoms with Crippen LogP contribution < -0.4 is 10.1 Å². The van der Waals surface area contributed by atoms with Gasteiger partial charge in [0, 0.05) is 6.04 Å². The van der Waals surface area contributed by atoms with E-state index in [1.807, 2.05) is 0 Å². The van der Waals surface area contributed by atoms with E-state index in [4.69, 9.17) is 4.74 Å². The van der Waals surface area contributed by atoms with Crippen LogP contribution in [0.25, 0.3) is 0 Å². The second kappa shape index (κ2) is 7.54. The van der Waals surface area contributed by atoms with Crippen LogP contribution in [0.1, 0.15) is 56.2 Å². The lowest BCUT2D eigenvalue weighted by Crippen LogP contribution is -2.28. The molecule has 0 aliphatic carbocycles. The summed E-state index contributed by atoms with van der Waals surface area (Å²) in [5.74, 6) is 1.56. The van der Waals surface area contributed by atoms with E-state index >= 15 is 0 Å². The molecule has 1 N–H and O–H groups in total. The highest BCUT2D eigenvalue weighted by atomic mass is 16.5. The molecule has 0 aliphatic heterocycles. The van der Waals surface area contributed by atoms with Gasteiger partial charge in [-0.1, -0.05) is 19.9 Å². The summed E-state index contributed by atoms with van der Waals surface area (Å²) in [7, 11) is 1.74. The molecular formula is C17H29NO. The van der Waals surface area contributed by atoms with E-state index in [0.29, 0.717) is 12.0 Å². The van der Waals surface area contributed by atoms with Gasteiger partial charge in [-0.15, -0.1) is 0 Å². The van der Waals surface area contributed by atoms with Crippen LogP contribution in [0, 0.1) is 13.8 Å². The topological polar surface area (TPSA) is 21.3 Å². The summed E-state index contributed by atoms with van der Waals surface area (Å²) < 4.78 is 5.38. The van der Waals surface area contributed by atoms with E-state index in [1.165, 1.54) is 29.5 Å². The molecule has 0 saturated carbocycles. The van der Waals surface area contributed by atoms with Crippen LogP contribution in [0.15, 0.2) is 12.1 Å². The quantitative estimate of drug-likeness (QED) is 0.796. The number of nitrogens with one attached hydrogen (secondary N) is 1. The molecule has 0 amide bonds. The van der Waals surface area contributed by atoms with Crippen molar-refractivity contribution in [3.05, 3.63) is 28.8 Å². The number of rotatable bonds is 7. The third-order valence-electron chi connectivity index (χ3n) is 3.76. The molecule has 0 fully saturated rings.